The first-order valence-electron chi connectivity index (χ1n) is 23.5. The smallest absolute Gasteiger partial charge is 0.326 e. The zero-order chi connectivity index (χ0) is 47.3. The lowest BCUT2D eigenvalue weighted by atomic mass is 10.0. The number of carbonyl (C=O) groups is 7. The number of amides is 4. The van der Waals surface area contributed by atoms with Crippen LogP contribution in [0.4, 0.5) is 0 Å². The van der Waals surface area contributed by atoms with E-state index in [-0.39, 0.29) is 115 Å². The minimum atomic E-state index is -1.18. The fraction of sp³-hybridized carbons (Fsp3) is 0.841. The van der Waals surface area contributed by atoms with Gasteiger partial charge in [0.2, 0.25) is 23.6 Å². The number of carboxylic acids is 3. The standard InChI is InChI=1S/C44H82N6O14/c1-45-50-37(44(59)60)20-18-19-25-46-40(53)34-63-32-31-62-29-27-48-41(54)35-64-33-30-61-28-26-47-38(51)24-23-36(43(57)58)49-39(52)21-16-14-12-10-8-6-4-2-3-5-7-9-11-13-15-17-22-42(55)56/h36-37,45,50H,2-35H2,1H3,(H,46,53)(H,47,51)(H,48,54)(H,49,52)(H,55,56)(H,57,58)(H,59,60). The molecule has 0 aromatic heterocycles. The molecule has 0 aliphatic carbocycles. The van der Waals surface area contributed by atoms with Crippen LogP contribution in [-0.4, -0.2) is 148 Å². The third-order valence-corrected chi connectivity index (χ3v) is 10.0. The van der Waals surface area contributed by atoms with Crippen molar-refractivity contribution in [1.29, 1.82) is 0 Å². The Balaban J connectivity index is 3.65. The van der Waals surface area contributed by atoms with Gasteiger partial charge in [0.05, 0.1) is 39.6 Å². The quantitative estimate of drug-likeness (QED) is 0.0313. The highest BCUT2D eigenvalue weighted by atomic mass is 16.5. The van der Waals surface area contributed by atoms with Gasteiger partial charge in [-0.2, -0.15) is 0 Å². The van der Waals surface area contributed by atoms with Crippen molar-refractivity contribution in [3.05, 3.63) is 0 Å². The molecule has 2 unspecified atom stereocenters. The van der Waals surface area contributed by atoms with Crippen LogP contribution in [0.25, 0.3) is 0 Å². The summed E-state index contributed by atoms with van der Waals surface area (Å²) in [5, 5.41) is 37.8. The SMILES string of the molecule is CNNC(CCCCNC(=O)COCCOCCNC(=O)COCCOCCNC(=O)CCC(NC(=O)CCCCCCCCCCCCCCCCCCC(=O)O)C(=O)O)C(=O)O. The molecule has 0 rings (SSSR count). The molecule has 0 spiro atoms. The van der Waals surface area contributed by atoms with Gasteiger partial charge in [-0.3, -0.25) is 34.2 Å². The number of hydrazine groups is 1. The van der Waals surface area contributed by atoms with Crippen LogP contribution >= 0.6 is 0 Å². The van der Waals surface area contributed by atoms with Crippen molar-refractivity contribution in [3.63, 3.8) is 0 Å². The van der Waals surface area contributed by atoms with E-state index in [1.165, 1.54) is 57.8 Å². The molecule has 20 heteroatoms. The molecule has 0 aliphatic heterocycles. The molecule has 0 radical (unpaired) electrons. The van der Waals surface area contributed by atoms with Gasteiger partial charge >= 0.3 is 17.9 Å². The van der Waals surface area contributed by atoms with Gasteiger partial charge in [0, 0.05) is 38.9 Å². The van der Waals surface area contributed by atoms with Crippen molar-refractivity contribution >= 4 is 41.5 Å². The molecule has 0 heterocycles. The highest BCUT2D eigenvalue weighted by molar-refractivity contribution is 5.84. The lowest BCUT2D eigenvalue weighted by Crippen LogP contribution is -2.43. The van der Waals surface area contributed by atoms with Crippen molar-refractivity contribution in [2.75, 3.05) is 79.5 Å². The lowest BCUT2D eigenvalue weighted by Gasteiger charge is -2.14. The number of hydrogen-bond acceptors (Lipinski definition) is 13. The van der Waals surface area contributed by atoms with E-state index in [0.29, 0.717) is 32.2 Å². The first kappa shape index (κ1) is 60.1. The van der Waals surface area contributed by atoms with E-state index < -0.39 is 30.0 Å². The third kappa shape index (κ3) is 42.0. The van der Waals surface area contributed by atoms with Crippen LogP contribution in [0, 0.1) is 0 Å². The predicted octanol–water partition coefficient (Wildman–Crippen LogP) is 3.20. The summed E-state index contributed by atoms with van der Waals surface area (Å²) in [6.07, 6.45) is 19.9. The summed E-state index contributed by atoms with van der Waals surface area (Å²) < 4.78 is 21.3. The summed E-state index contributed by atoms with van der Waals surface area (Å²) in [6.45, 7) is 1.82. The molecule has 0 bridgehead atoms. The Hall–Kier alpha value is -3.95. The van der Waals surface area contributed by atoms with Gasteiger partial charge in [0.1, 0.15) is 25.3 Å². The third-order valence-electron chi connectivity index (χ3n) is 10.0. The predicted molar refractivity (Wildman–Crippen MR) is 239 cm³/mol. The molecule has 0 saturated carbocycles. The zero-order valence-electron chi connectivity index (χ0n) is 38.5. The first-order chi connectivity index (χ1) is 31.0. The van der Waals surface area contributed by atoms with Gasteiger partial charge in [-0.05, 0) is 45.6 Å². The molecule has 4 amide bonds. The topological polar surface area (TPSA) is 289 Å². The van der Waals surface area contributed by atoms with E-state index in [4.69, 9.17) is 29.2 Å². The van der Waals surface area contributed by atoms with Crippen LogP contribution in [0.15, 0.2) is 0 Å². The summed E-state index contributed by atoms with van der Waals surface area (Å²) in [6, 6.07) is -1.83. The largest absolute Gasteiger partial charge is 0.481 e. The van der Waals surface area contributed by atoms with E-state index in [0.717, 1.165) is 38.5 Å². The molecule has 0 aliphatic rings. The van der Waals surface area contributed by atoms with Gasteiger partial charge in [0.25, 0.3) is 0 Å². The Morgan fingerprint density at radius 1 is 0.406 bits per heavy atom. The maximum atomic E-state index is 12.3. The van der Waals surface area contributed by atoms with Gasteiger partial charge in [-0.1, -0.05) is 89.9 Å². The van der Waals surface area contributed by atoms with Crippen molar-refractivity contribution in [2.24, 2.45) is 0 Å². The average molecular weight is 919 g/mol. The lowest BCUT2D eigenvalue weighted by molar-refractivity contribution is -0.142. The van der Waals surface area contributed by atoms with E-state index in [2.05, 4.69) is 32.1 Å². The molecule has 20 nitrogen and oxygen atoms in total. The van der Waals surface area contributed by atoms with Crippen molar-refractivity contribution in [3.8, 4) is 0 Å². The number of carboxylic acid groups (broad SMARTS) is 3. The van der Waals surface area contributed by atoms with Gasteiger partial charge in [-0.15, -0.1) is 0 Å². The first-order valence-corrected chi connectivity index (χ1v) is 23.5. The summed E-state index contributed by atoms with van der Waals surface area (Å²) in [7, 11) is 1.60. The van der Waals surface area contributed by atoms with E-state index in [9.17, 15) is 38.7 Å². The molecule has 9 N–H and O–H groups in total. The zero-order valence-corrected chi connectivity index (χ0v) is 38.5. The van der Waals surface area contributed by atoms with Crippen LogP contribution in [0.5, 0.6) is 0 Å². The number of unbranched alkanes of at least 4 members (excludes halogenated alkanes) is 16. The molecular formula is C44H82N6O14. The van der Waals surface area contributed by atoms with E-state index in [1.807, 2.05) is 0 Å². The summed E-state index contributed by atoms with van der Waals surface area (Å²) in [4.78, 5) is 81.6. The Morgan fingerprint density at radius 2 is 0.828 bits per heavy atom. The van der Waals surface area contributed by atoms with Gasteiger partial charge in [0.15, 0.2) is 0 Å². The van der Waals surface area contributed by atoms with Gasteiger partial charge < -0.3 is 55.5 Å². The highest BCUT2D eigenvalue weighted by Gasteiger charge is 2.21. The normalized spacial score (nSPS) is 12.0. The van der Waals surface area contributed by atoms with Crippen LogP contribution in [0.2, 0.25) is 0 Å². The van der Waals surface area contributed by atoms with E-state index >= 15 is 0 Å². The fourth-order valence-corrected chi connectivity index (χ4v) is 6.45. The maximum absolute atomic E-state index is 12.3. The Morgan fingerprint density at radius 3 is 1.28 bits per heavy atom. The fourth-order valence-electron chi connectivity index (χ4n) is 6.45. The maximum Gasteiger partial charge on any atom is 0.326 e. The number of carbonyl (C=O) groups excluding carboxylic acids is 4. The summed E-state index contributed by atoms with van der Waals surface area (Å²) >= 11 is 0. The second-order valence-corrected chi connectivity index (χ2v) is 15.7. The Labute approximate surface area is 380 Å². The Bertz CT molecular complexity index is 1250. The minimum Gasteiger partial charge on any atom is -0.481 e. The van der Waals surface area contributed by atoms with E-state index in [1.54, 1.807) is 7.05 Å². The molecule has 0 saturated heterocycles. The number of hydrogen-bond donors (Lipinski definition) is 9. The minimum absolute atomic E-state index is 0.0283. The molecule has 0 fully saturated rings. The summed E-state index contributed by atoms with van der Waals surface area (Å²) in [5.41, 5.74) is 5.27. The number of aliphatic carboxylic acids is 3. The van der Waals surface area contributed by atoms with Crippen molar-refractivity contribution in [2.45, 2.75) is 160 Å². The summed E-state index contributed by atoms with van der Waals surface area (Å²) in [5.74, 6) is -4.13. The Kier molecular flexibility index (Phi) is 41.5. The molecular weight excluding hydrogens is 837 g/mol. The van der Waals surface area contributed by atoms with Crippen LogP contribution in [-0.2, 0) is 52.5 Å². The average Bonchev–Trinajstić information content (AvgIpc) is 3.25. The second-order valence-electron chi connectivity index (χ2n) is 15.7. The second kappa shape index (κ2) is 44.3. The van der Waals surface area contributed by atoms with Crippen LogP contribution in [0.1, 0.15) is 148 Å². The number of rotatable bonds is 48. The van der Waals surface area contributed by atoms with Gasteiger partial charge in [-0.25, -0.2) is 10.2 Å². The van der Waals surface area contributed by atoms with Crippen molar-refractivity contribution < 1.29 is 67.8 Å². The number of nitrogens with one attached hydrogen (secondary N) is 6. The monoisotopic (exact) mass is 919 g/mol. The van der Waals surface area contributed by atoms with Crippen LogP contribution < -0.4 is 32.1 Å². The van der Waals surface area contributed by atoms with Crippen molar-refractivity contribution in [1.82, 2.24) is 32.1 Å². The number of ether oxygens (including phenoxy) is 4. The molecule has 0 aromatic carbocycles. The highest BCUT2D eigenvalue weighted by Crippen LogP contribution is 2.14. The molecule has 372 valence electrons. The van der Waals surface area contributed by atoms with Crippen LogP contribution in [0.3, 0.4) is 0 Å². The molecule has 2 atom stereocenters. The molecule has 0 aromatic rings. The molecule has 64 heavy (non-hydrogen) atoms.